The monoisotopic (exact) mass is 529 g/mol. The van der Waals surface area contributed by atoms with Crippen LogP contribution in [-0.4, -0.2) is 46.6 Å². The predicted molar refractivity (Wildman–Crippen MR) is 132 cm³/mol. The molecule has 3 heterocycles. The standard InChI is InChI=1S/C21H35N7O.HI/c1-5-16(6-2)20-11-19(29-26-20)13-23-21(22-7-3)25-17-9-8-10-28(14-17)18-12-24-27(4)15-18;/h11-12,15-17H,5-10,13-14H2,1-4H3,(H2,22,23,25);1H. The van der Waals surface area contributed by atoms with Gasteiger partial charge in [-0.1, -0.05) is 19.0 Å². The van der Waals surface area contributed by atoms with Crippen molar-refractivity contribution in [1.29, 1.82) is 0 Å². The van der Waals surface area contributed by atoms with Crippen LogP contribution in [0, 0.1) is 0 Å². The summed E-state index contributed by atoms with van der Waals surface area (Å²) in [5, 5.41) is 15.5. The van der Waals surface area contributed by atoms with Crippen LogP contribution in [0.2, 0.25) is 0 Å². The van der Waals surface area contributed by atoms with E-state index >= 15 is 0 Å². The summed E-state index contributed by atoms with van der Waals surface area (Å²) >= 11 is 0. The third kappa shape index (κ3) is 6.61. The highest BCUT2D eigenvalue weighted by molar-refractivity contribution is 14.0. The number of nitrogens with one attached hydrogen (secondary N) is 2. The Bertz CT molecular complexity index is 784. The minimum absolute atomic E-state index is 0. The van der Waals surface area contributed by atoms with E-state index < -0.39 is 0 Å². The van der Waals surface area contributed by atoms with Crippen LogP contribution >= 0.6 is 24.0 Å². The number of nitrogens with zero attached hydrogens (tertiary/aromatic N) is 5. The van der Waals surface area contributed by atoms with Gasteiger partial charge in [0.25, 0.3) is 0 Å². The molecule has 1 unspecified atom stereocenters. The van der Waals surface area contributed by atoms with Crippen molar-refractivity contribution in [3.05, 3.63) is 29.9 Å². The molecule has 3 rings (SSSR count). The number of piperidine rings is 1. The summed E-state index contributed by atoms with van der Waals surface area (Å²) in [7, 11) is 1.96. The summed E-state index contributed by atoms with van der Waals surface area (Å²) in [5.74, 6) is 2.10. The van der Waals surface area contributed by atoms with Gasteiger partial charge in [0.05, 0.1) is 17.6 Å². The molecule has 30 heavy (non-hydrogen) atoms. The second-order valence-electron chi connectivity index (χ2n) is 7.73. The van der Waals surface area contributed by atoms with E-state index in [0.717, 1.165) is 62.7 Å². The highest BCUT2D eigenvalue weighted by Crippen LogP contribution is 2.23. The van der Waals surface area contributed by atoms with E-state index in [1.165, 1.54) is 5.69 Å². The number of aliphatic imine (C=N–C) groups is 1. The van der Waals surface area contributed by atoms with Gasteiger partial charge in [-0.3, -0.25) is 4.68 Å². The number of hydrogen-bond acceptors (Lipinski definition) is 5. The smallest absolute Gasteiger partial charge is 0.191 e. The molecule has 2 aromatic rings. The first-order valence-corrected chi connectivity index (χ1v) is 10.9. The maximum atomic E-state index is 5.51. The number of hydrogen-bond donors (Lipinski definition) is 2. The molecular formula is C21H36IN7O. The van der Waals surface area contributed by atoms with Crippen LogP contribution in [0.1, 0.15) is 63.8 Å². The summed E-state index contributed by atoms with van der Waals surface area (Å²) in [5.41, 5.74) is 2.22. The van der Waals surface area contributed by atoms with Gasteiger partial charge in [0.15, 0.2) is 11.7 Å². The molecule has 1 atom stereocenters. The minimum Gasteiger partial charge on any atom is -0.367 e. The van der Waals surface area contributed by atoms with Gasteiger partial charge in [0, 0.05) is 50.9 Å². The summed E-state index contributed by atoms with van der Waals surface area (Å²) in [6, 6.07) is 2.40. The van der Waals surface area contributed by atoms with Crippen LogP contribution < -0.4 is 15.5 Å². The van der Waals surface area contributed by atoms with Gasteiger partial charge in [0.1, 0.15) is 6.54 Å². The van der Waals surface area contributed by atoms with Crippen LogP contribution in [0.25, 0.3) is 0 Å². The molecule has 0 spiro atoms. The van der Waals surface area contributed by atoms with E-state index in [2.05, 4.69) is 58.8 Å². The van der Waals surface area contributed by atoms with Crippen molar-refractivity contribution >= 4 is 35.6 Å². The number of rotatable bonds is 8. The van der Waals surface area contributed by atoms with E-state index in [-0.39, 0.29) is 24.0 Å². The van der Waals surface area contributed by atoms with E-state index in [1.807, 2.05) is 17.9 Å². The SMILES string of the molecule is CCNC(=NCc1cc(C(CC)CC)no1)NC1CCCN(c2cnn(C)c2)C1.I. The second kappa shape index (κ2) is 12.2. The number of anilines is 1. The lowest BCUT2D eigenvalue weighted by Gasteiger charge is -2.34. The van der Waals surface area contributed by atoms with E-state index in [9.17, 15) is 0 Å². The number of aromatic nitrogens is 3. The van der Waals surface area contributed by atoms with Gasteiger partial charge >= 0.3 is 0 Å². The molecule has 1 fully saturated rings. The molecule has 0 saturated carbocycles. The highest BCUT2D eigenvalue weighted by atomic mass is 127. The lowest BCUT2D eigenvalue weighted by Crippen LogP contribution is -2.51. The Labute approximate surface area is 196 Å². The largest absolute Gasteiger partial charge is 0.367 e. The zero-order chi connectivity index (χ0) is 20.6. The van der Waals surface area contributed by atoms with Crippen molar-refractivity contribution in [2.45, 2.75) is 65.0 Å². The normalized spacial score (nSPS) is 17.2. The number of aryl methyl sites for hydroxylation is 1. The molecule has 2 aromatic heterocycles. The van der Waals surface area contributed by atoms with Crippen LogP contribution in [0.3, 0.4) is 0 Å². The number of guanidine groups is 1. The summed E-state index contributed by atoms with van der Waals surface area (Å²) < 4.78 is 7.37. The molecule has 8 nitrogen and oxygen atoms in total. The average Bonchev–Trinajstić information content (AvgIpc) is 3.37. The second-order valence-corrected chi connectivity index (χ2v) is 7.73. The number of halogens is 1. The molecule has 0 aliphatic carbocycles. The Balaban J connectivity index is 0.00000320. The van der Waals surface area contributed by atoms with Crippen LogP contribution in [0.5, 0.6) is 0 Å². The summed E-state index contributed by atoms with van der Waals surface area (Å²) in [6.45, 7) is 9.77. The van der Waals surface area contributed by atoms with Crippen molar-refractivity contribution < 1.29 is 4.52 Å². The lowest BCUT2D eigenvalue weighted by atomic mass is 9.99. The fourth-order valence-electron chi connectivity index (χ4n) is 3.87. The minimum atomic E-state index is 0. The molecule has 1 saturated heterocycles. The van der Waals surface area contributed by atoms with Gasteiger partial charge < -0.3 is 20.1 Å². The summed E-state index contributed by atoms with van der Waals surface area (Å²) in [4.78, 5) is 7.11. The van der Waals surface area contributed by atoms with Crippen LogP contribution in [0.15, 0.2) is 28.0 Å². The Morgan fingerprint density at radius 1 is 1.33 bits per heavy atom. The molecule has 0 amide bonds. The van der Waals surface area contributed by atoms with Crippen LogP contribution in [0.4, 0.5) is 5.69 Å². The Hall–Kier alpha value is -1.78. The maximum Gasteiger partial charge on any atom is 0.191 e. The quantitative estimate of drug-likeness (QED) is 0.309. The van der Waals surface area contributed by atoms with Crippen molar-refractivity contribution in [1.82, 2.24) is 25.6 Å². The lowest BCUT2D eigenvalue weighted by molar-refractivity contribution is 0.372. The molecule has 0 aromatic carbocycles. The van der Waals surface area contributed by atoms with E-state index in [4.69, 9.17) is 9.52 Å². The Kier molecular flexibility index (Phi) is 9.93. The van der Waals surface area contributed by atoms with Crippen molar-refractivity contribution in [2.24, 2.45) is 12.0 Å². The molecule has 168 valence electrons. The first-order chi connectivity index (χ1) is 14.1. The van der Waals surface area contributed by atoms with E-state index in [0.29, 0.717) is 18.5 Å². The van der Waals surface area contributed by atoms with Gasteiger partial charge in [-0.25, -0.2) is 4.99 Å². The zero-order valence-corrected chi connectivity index (χ0v) is 20.9. The average molecular weight is 529 g/mol. The molecule has 2 N–H and O–H groups in total. The zero-order valence-electron chi connectivity index (χ0n) is 18.6. The summed E-state index contributed by atoms with van der Waals surface area (Å²) in [6.07, 6.45) is 8.43. The highest BCUT2D eigenvalue weighted by Gasteiger charge is 2.22. The van der Waals surface area contributed by atoms with Crippen molar-refractivity contribution in [2.75, 3.05) is 24.5 Å². The molecule has 0 radical (unpaired) electrons. The van der Waals surface area contributed by atoms with Gasteiger partial charge in [-0.05, 0) is 32.6 Å². The fraction of sp³-hybridized carbons (Fsp3) is 0.667. The maximum absolute atomic E-state index is 5.51. The molecule has 9 heteroatoms. The van der Waals surface area contributed by atoms with Crippen molar-refractivity contribution in [3.8, 4) is 0 Å². The third-order valence-corrected chi connectivity index (χ3v) is 5.54. The van der Waals surface area contributed by atoms with Crippen LogP contribution in [-0.2, 0) is 13.6 Å². The van der Waals surface area contributed by atoms with Crippen molar-refractivity contribution in [3.63, 3.8) is 0 Å². The topological polar surface area (TPSA) is 83.5 Å². The molecular weight excluding hydrogens is 493 g/mol. The third-order valence-electron chi connectivity index (χ3n) is 5.54. The predicted octanol–water partition coefficient (Wildman–Crippen LogP) is 3.65. The Morgan fingerprint density at radius 3 is 2.80 bits per heavy atom. The molecule has 1 aliphatic rings. The molecule has 0 bridgehead atoms. The first kappa shape index (κ1) is 24.5. The Morgan fingerprint density at radius 2 is 2.13 bits per heavy atom. The van der Waals surface area contributed by atoms with Gasteiger partial charge in [-0.15, -0.1) is 24.0 Å². The van der Waals surface area contributed by atoms with E-state index in [1.54, 1.807) is 0 Å². The first-order valence-electron chi connectivity index (χ1n) is 10.9. The molecule has 1 aliphatic heterocycles. The fourth-order valence-corrected chi connectivity index (χ4v) is 3.87. The van der Waals surface area contributed by atoms with Gasteiger partial charge in [0.2, 0.25) is 0 Å². The van der Waals surface area contributed by atoms with Gasteiger partial charge in [-0.2, -0.15) is 5.10 Å².